The van der Waals surface area contributed by atoms with E-state index < -0.39 is 0 Å². The average molecular weight is 129 g/mol. The minimum atomic E-state index is 0.628. The zero-order valence-electron chi connectivity index (χ0n) is 6.26. The van der Waals surface area contributed by atoms with Crippen LogP contribution >= 0.6 is 0 Å². The molecule has 0 unspecified atom stereocenters. The van der Waals surface area contributed by atoms with Crippen LogP contribution < -0.4 is 0 Å². The molecule has 54 valence electrons. The van der Waals surface area contributed by atoms with E-state index in [0.717, 1.165) is 26.3 Å². The highest BCUT2D eigenvalue weighted by atomic mass is 16.5. The maximum atomic E-state index is 5.27. The third-order valence-corrected chi connectivity index (χ3v) is 1.91. The van der Waals surface area contributed by atoms with Gasteiger partial charge < -0.3 is 4.74 Å². The maximum absolute atomic E-state index is 5.27. The Hall–Kier alpha value is -0.0800. The van der Waals surface area contributed by atoms with Crippen molar-refractivity contribution >= 4 is 0 Å². The molecule has 0 N–H and O–H groups in total. The molecule has 2 heteroatoms. The second kappa shape index (κ2) is 3.18. The summed E-state index contributed by atoms with van der Waals surface area (Å²) in [4.78, 5) is 2.43. The Morgan fingerprint density at radius 3 is 2.89 bits per heavy atom. The highest BCUT2D eigenvalue weighted by molar-refractivity contribution is 4.68. The molecule has 0 amide bonds. The Morgan fingerprint density at radius 1 is 1.67 bits per heavy atom. The molecular formula is C7H15NO. The molecule has 0 bridgehead atoms. The van der Waals surface area contributed by atoms with E-state index in [1.165, 1.54) is 0 Å². The van der Waals surface area contributed by atoms with Crippen molar-refractivity contribution in [2.75, 3.05) is 26.3 Å². The molecule has 1 atom stereocenters. The molecule has 1 aliphatic heterocycles. The highest BCUT2D eigenvalue weighted by Gasteiger charge is 2.15. The van der Waals surface area contributed by atoms with E-state index in [2.05, 4.69) is 18.7 Å². The van der Waals surface area contributed by atoms with E-state index in [1.807, 2.05) is 0 Å². The van der Waals surface area contributed by atoms with Gasteiger partial charge in [-0.3, -0.25) is 4.90 Å². The summed E-state index contributed by atoms with van der Waals surface area (Å²) in [5.74, 6) is 0. The minimum absolute atomic E-state index is 0.628. The van der Waals surface area contributed by atoms with Gasteiger partial charge in [-0.15, -0.1) is 0 Å². The first-order valence-corrected chi connectivity index (χ1v) is 3.66. The fraction of sp³-hybridized carbons (Fsp3) is 1.00. The third-order valence-electron chi connectivity index (χ3n) is 1.91. The van der Waals surface area contributed by atoms with Crippen LogP contribution in [0.3, 0.4) is 0 Å². The number of likely N-dealkylation sites (N-methyl/N-ethyl adjacent to an activating group) is 1. The van der Waals surface area contributed by atoms with Gasteiger partial charge in [0.2, 0.25) is 0 Å². The molecule has 0 aromatic carbocycles. The number of morpholine rings is 1. The van der Waals surface area contributed by atoms with Crippen LogP contribution in [0.2, 0.25) is 0 Å². The lowest BCUT2D eigenvalue weighted by Crippen LogP contribution is -2.43. The van der Waals surface area contributed by atoms with E-state index in [0.29, 0.717) is 6.04 Å². The molecule has 1 heterocycles. The number of nitrogens with zero attached hydrogens (tertiary/aromatic N) is 1. The average Bonchev–Trinajstić information content (AvgIpc) is 1.89. The Labute approximate surface area is 56.8 Å². The summed E-state index contributed by atoms with van der Waals surface area (Å²) in [5, 5.41) is 0. The zero-order chi connectivity index (χ0) is 6.69. The molecule has 9 heavy (non-hydrogen) atoms. The molecule has 1 aliphatic rings. The highest BCUT2D eigenvalue weighted by Crippen LogP contribution is 2.03. The Bertz CT molecular complexity index is 85.0. The second-order valence-corrected chi connectivity index (χ2v) is 2.55. The lowest BCUT2D eigenvalue weighted by molar-refractivity contribution is 0.00245. The summed E-state index contributed by atoms with van der Waals surface area (Å²) in [6.45, 7) is 8.50. The van der Waals surface area contributed by atoms with E-state index in [4.69, 9.17) is 4.74 Å². The van der Waals surface area contributed by atoms with Crippen molar-refractivity contribution < 1.29 is 4.74 Å². The van der Waals surface area contributed by atoms with Crippen molar-refractivity contribution in [1.82, 2.24) is 4.90 Å². The van der Waals surface area contributed by atoms with Crippen LogP contribution in [0.4, 0.5) is 0 Å². The van der Waals surface area contributed by atoms with Gasteiger partial charge in [-0.2, -0.15) is 0 Å². The van der Waals surface area contributed by atoms with Crippen LogP contribution in [0.5, 0.6) is 0 Å². The first-order chi connectivity index (χ1) is 4.34. The molecule has 0 aromatic rings. The van der Waals surface area contributed by atoms with Gasteiger partial charge in [0, 0.05) is 12.6 Å². The Morgan fingerprint density at radius 2 is 2.44 bits per heavy atom. The van der Waals surface area contributed by atoms with Crippen LogP contribution in [-0.2, 0) is 4.74 Å². The largest absolute Gasteiger partial charge is 0.379 e. The van der Waals surface area contributed by atoms with Crippen molar-refractivity contribution in [3.8, 4) is 0 Å². The van der Waals surface area contributed by atoms with Gasteiger partial charge in [-0.1, -0.05) is 6.92 Å². The van der Waals surface area contributed by atoms with Crippen molar-refractivity contribution in [1.29, 1.82) is 0 Å². The van der Waals surface area contributed by atoms with Gasteiger partial charge in [-0.25, -0.2) is 0 Å². The van der Waals surface area contributed by atoms with Crippen LogP contribution in [-0.4, -0.2) is 37.2 Å². The normalized spacial score (nSPS) is 30.7. The summed E-state index contributed by atoms with van der Waals surface area (Å²) in [5.41, 5.74) is 0. The van der Waals surface area contributed by atoms with Gasteiger partial charge in [0.15, 0.2) is 0 Å². The number of rotatable bonds is 1. The van der Waals surface area contributed by atoms with E-state index in [-0.39, 0.29) is 0 Å². The topological polar surface area (TPSA) is 12.5 Å². The number of ether oxygens (including phenoxy) is 1. The molecule has 0 aromatic heterocycles. The summed E-state index contributed by atoms with van der Waals surface area (Å²) >= 11 is 0. The van der Waals surface area contributed by atoms with Crippen molar-refractivity contribution in [2.45, 2.75) is 19.9 Å². The van der Waals surface area contributed by atoms with Gasteiger partial charge in [0.1, 0.15) is 0 Å². The predicted octanol–water partition coefficient (Wildman–Crippen LogP) is 0.727. The summed E-state index contributed by atoms with van der Waals surface area (Å²) in [6, 6.07) is 0.628. The third kappa shape index (κ3) is 1.66. The molecule has 0 aliphatic carbocycles. The fourth-order valence-electron chi connectivity index (χ4n) is 1.23. The zero-order valence-corrected chi connectivity index (χ0v) is 6.26. The molecule has 1 saturated heterocycles. The van der Waals surface area contributed by atoms with Gasteiger partial charge in [0.05, 0.1) is 13.2 Å². The molecule has 1 rings (SSSR count). The van der Waals surface area contributed by atoms with Gasteiger partial charge in [-0.05, 0) is 13.5 Å². The SMILES string of the molecule is CCN1CCOC[C@H]1C. The van der Waals surface area contributed by atoms with Crippen molar-refractivity contribution in [3.05, 3.63) is 0 Å². The second-order valence-electron chi connectivity index (χ2n) is 2.55. The smallest absolute Gasteiger partial charge is 0.0619 e. The summed E-state index contributed by atoms with van der Waals surface area (Å²) in [6.07, 6.45) is 0. The molecule has 2 nitrogen and oxygen atoms in total. The molecule has 0 radical (unpaired) electrons. The minimum Gasteiger partial charge on any atom is -0.379 e. The lowest BCUT2D eigenvalue weighted by atomic mass is 10.2. The van der Waals surface area contributed by atoms with Crippen LogP contribution in [0.25, 0.3) is 0 Å². The Kier molecular flexibility index (Phi) is 2.49. The Balaban J connectivity index is 2.30. The summed E-state index contributed by atoms with van der Waals surface area (Å²) < 4.78 is 5.27. The quantitative estimate of drug-likeness (QED) is 0.517. The lowest BCUT2D eigenvalue weighted by Gasteiger charge is -2.31. The van der Waals surface area contributed by atoms with Gasteiger partial charge >= 0.3 is 0 Å². The maximum Gasteiger partial charge on any atom is 0.0619 e. The summed E-state index contributed by atoms with van der Waals surface area (Å²) in [7, 11) is 0. The first-order valence-electron chi connectivity index (χ1n) is 3.66. The van der Waals surface area contributed by atoms with E-state index in [1.54, 1.807) is 0 Å². The van der Waals surface area contributed by atoms with Crippen LogP contribution in [0.1, 0.15) is 13.8 Å². The monoisotopic (exact) mass is 129 g/mol. The molecule has 0 saturated carbocycles. The standard InChI is InChI=1S/C7H15NO/c1-3-8-4-5-9-6-7(8)2/h7H,3-6H2,1-2H3/t7-/m1/s1. The van der Waals surface area contributed by atoms with Crippen LogP contribution in [0.15, 0.2) is 0 Å². The number of hydrogen-bond acceptors (Lipinski definition) is 2. The van der Waals surface area contributed by atoms with Crippen molar-refractivity contribution in [2.24, 2.45) is 0 Å². The number of hydrogen-bond donors (Lipinski definition) is 0. The molecule has 0 spiro atoms. The van der Waals surface area contributed by atoms with E-state index in [9.17, 15) is 0 Å². The first kappa shape index (κ1) is 7.03. The fourth-order valence-corrected chi connectivity index (χ4v) is 1.23. The molecular weight excluding hydrogens is 114 g/mol. The van der Waals surface area contributed by atoms with Crippen molar-refractivity contribution in [3.63, 3.8) is 0 Å². The molecule has 1 fully saturated rings. The van der Waals surface area contributed by atoms with Crippen LogP contribution in [0, 0.1) is 0 Å². The van der Waals surface area contributed by atoms with E-state index >= 15 is 0 Å². The predicted molar refractivity (Wildman–Crippen MR) is 37.5 cm³/mol. The van der Waals surface area contributed by atoms with Gasteiger partial charge in [0.25, 0.3) is 0 Å².